The molecule has 1 unspecified atom stereocenters. The van der Waals surface area contributed by atoms with Gasteiger partial charge in [0.1, 0.15) is 0 Å². The van der Waals surface area contributed by atoms with E-state index in [1.807, 2.05) is 11.3 Å². The van der Waals surface area contributed by atoms with Crippen molar-refractivity contribution in [1.82, 2.24) is 10.2 Å². The van der Waals surface area contributed by atoms with E-state index in [0.717, 1.165) is 12.0 Å². The third kappa shape index (κ3) is 3.44. The van der Waals surface area contributed by atoms with Gasteiger partial charge in [0.15, 0.2) is 0 Å². The first kappa shape index (κ1) is 14.6. The molecular formula is C17H28N2S. The van der Waals surface area contributed by atoms with E-state index in [0.29, 0.717) is 6.04 Å². The molecule has 1 aliphatic carbocycles. The number of thiophene rings is 1. The molecule has 0 aromatic carbocycles. The molecule has 1 saturated carbocycles. The van der Waals surface area contributed by atoms with Gasteiger partial charge in [-0.25, -0.2) is 0 Å². The summed E-state index contributed by atoms with van der Waals surface area (Å²) >= 11 is 1.94. The van der Waals surface area contributed by atoms with E-state index in [1.54, 1.807) is 4.88 Å². The second-order valence-corrected chi connectivity index (χ2v) is 7.39. The first-order valence-electron chi connectivity index (χ1n) is 8.38. The number of hydrogen-bond acceptors (Lipinski definition) is 3. The first-order valence-corrected chi connectivity index (χ1v) is 9.26. The van der Waals surface area contributed by atoms with E-state index in [-0.39, 0.29) is 0 Å². The Balaban J connectivity index is 1.62. The van der Waals surface area contributed by atoms with Crippen LogP contribution in [0.15, 0.2) is 17.5 Å². The van der Waals surface area contributed by atoms with Gasteiger partial charge in [-0.15, -0.1) is 11.3 Å². The van der Waals surface area contributed by atoms with Crippen molar-refractivity contribution in [1.29, 1.82) is 0 Å². The lowest BCUT2D eigenvalue weighted by atomic mass is 9.94. The molecule has 0 radical (unpaired) electrons. The van der Waals surface area contributed by atoms with E-state index < -0.39 is 0 Å². The molecule has 1 aromatic heterocycles. The highest BCUT2D eigenvalue weighted by molar-refractivity contribution is 7.10. The van der Waals surface area contributed by atoms with Crippen LogP contribution in [-0.2, 0) is 0 Å². The molecule has 3 heteroatoms. The maximum Gasteiger partial charge on any atom is 0.0445 e. The molecule has 2 aliphatic rings. The molecule has 1 atom stereocenters. The molecule has 1 saturated heterocycles. The van der Waals surface area contributed by atoms with Crippen LogP contribution >= 0.6 is 11.3 Å². The molecule has 1 aliphatic heterocycles. The van der Waals surface area contributed by atoms with E-state index >= 15 is 0 Å². The minimum absolute atomic E-state index is 0.621. The Morgan fingerprint density at radius 1 is 1.25 bits per heavy atom. The normalized spacial score (nSPS) is 24.2. The number of rotatable bonds is 5. The van der Waals surface area contributed by atoms with E-state index in [9.17, 15) is 0 Å². The van der Waals surface area contributed by atoms with Crippen molar-refractivity contribution < 1.29 is 0 Å². The third-order valence-electron chi connectivity index (χ3n) is 5.17. The van der Waals surface area contributed by atoms with Gasteiger partial charge in [-0.05, 0) is 62.7 Å². The molecule has 0 amide bonds. The lowest BCUT2D eigenvalue weighted by Gasteiger charge is -2.35. The number of piperidine rings is 1. The fourth-order valence-electron chi connectivity index (χ4n) is 3.88. The summed E-state index contributed by atoms with van der Waals surface area (Å²) < 4.78 is 0. The standard InChI is InChI=1S/C17H28N2S/c1-2-19-11-9-15(10-12-19)18-17(14-6-3-4-7-14)16-8-5-13-20-16/h5,8,13-15,17-18H,2-4,6-7,9-12H2,1H3. The summed E-state index contributed by atoms with van der Waals surface area (Å²) in [6, 6.07) is 5.90. The predicted molar refractivity (Wildman–Crippen MR) is 87.3 cm³/mol. The number of nitrogens with zero attached hydrogens (tertiary/aromatic N) is 1. The molecule has 2 nitrogen and oxygen atoms in total. The van der Waals surface area contributed by atoms with Crippen LogP contribution in [0.1, 0.15) is 56.4 Å². The van der Waals surface area contributed by atoms with Crippen LogP contribution in [0.5, 0.6) is 0 Å². The molecule has 0 spiro atoms. The van der Waals surface area contributed by atoms with Crippen LogP contribution in [0.3, 0.4) is 0 Å². The Morgan fingerprint density at radius 3 is 2.60 bits per heavy atom. The van der Waals surface area contributed by atoms with Crippen molar-refractivity contribution in [3.8, 4) is 0 Å². The fourth-order valence-corrected chi connectivity index (χ4v) is 4.76. The molecule has 2 heterocycles. The number of hydrogen-bond donors (Lipinski definition) is 1. The second kappa shape index (κ2) is 7.06. The van der Waals surface area contributed by atoms with Crippen LogP contribution in [-0.4, -0.2) is 30.6 Å². The van der Waals surface area contributed by atoms with Crippen LogP contribution in [0.25, 0.3) is 0 Å². The summed E-state index contributed by atoms with van der Waals surface area (Å²) in [7, 11) is 0. The van der Waals surface area contributed by atoms with Crippen LogP contribution in [0.2, 0.25) is 0 Å². The van der Waals surface area contributed by atoms with Gasteiger partial charge in [0.05, 0.1) is 0 Å². The van der Waals surface area contributed by atoms with Gasteiger partial charge in [0.2, 0.25) is 0 Å². The molecule has 1 N–H and O–H groups in total. The fraction of sp³-hybridized carbons (Fsp3) is 0.765. The van der Waals surface area contributed by atoms with Crippen LogP contribution in [0, 0.1) is 5.92 Å². The second-order valence-electron chi connectivity index (χ2n) is 6.41. The minimum atomic E-state index is 0.621. The smallest absolute Gasteiger partial charge is 0.0445 e. The monoisotopic (exact) mass is 292 g/mol. The van der Waals surface area contributed by atoms with E-state index in [1.165, 1.54) is 58.2 Å². The molecule has 112 valence electrons. The Morgan fingerprint density at radius 2 is 2.00 bits per heavy atom. The summed E-state index contributed by atoms with van der Waals surface area (Å²) in [5, 5.41) is 6.26. The van der Waals surface area contributed by atoms with Gasteiger partial charge in [0, 0.05) is 17.0 Å². The average molecular weight is 292 g/mol. The maximum atomic E-state index is 4.03. The van der Waals surface area contributed by atoms with Gasteiger partial charge >= 0.3 is 0 Å². The summed E-state index contributed by atoms with van der Waals surface area (Å²) in [6.45, 7) is 6.04. The largest absolute Gasteiger partial charge is 0.306 e. The summed E-state index contributed by atoms with van der Waals surface area (Å²) in [5.41, 5.74) is 0. The number of likely N-dealkylation sites (tertiary alicyclic amines) is 1. The van der Waals surface area contributed by atoms with Crippen LogP contribution in [0.4, 0.5) is 0 Å². The molecule has 20 heavy (non-hydrogen) atoms. The SMILES string of the molecule is CCN1CCC(NC(c2cccs2)C2CCCC2)CC1. The zero-order valence-corrected chi connectivity index (χ0v) is 13.5. The molecule has 2 fully saturated rings. The predicted octanol–water partition coefficient (Wildman–Crippen LogP) is 4.05. The molecular weight excluding hydrogens is 264 g/mol. The zero-order valence-electron chi connectivity index (χ0n) is 12.7. The van der Waals surface area contributed by atoms with Crippen molar-refractivity contribution in [3.63, 3.8) is 0 Å². The van der Waals surface area contributed by atoms with Gasteiger partial charge in [0.25, 0.3) is 0 Å². The Bertz CT molecular complexity index is 376. The molecule has 1 aromatic rings. The average Bonchev–Trinajstić information content (AvgIpc) is 3.19. The van der Waals surface area contributed by atoms with Gasteiger partial charge < -0.3 is 10.2 Å². The molecule has 3 rings (SSSR count). The summed E-state index contributed by atoms with van der Waals surface area (Å²) in [5.74, 6) is 0.873. The molecule has 0 bridgehead atoms. The minimum Gasteiger partial charge on any atom is -0.306 e. The van der Waals surface area contributed by atoms with E-state index in [4.69, 9.17) is 0 Å². The Kier molecular flexibility index (Phi) is 5.14. The Labute approximate surface area is 127 Å². The summed E-state index contributed by atoms with van der Waals surface area (Å²) in [4.78, 5) is 4.14. The highest BCUT2D eigenvalue weighted by Crippen LogP contribution is 2.38. The lowest BCUT2D eigenvalue weighted by Crippen LogP contribution is -2.44. The highest BCUT2D eigenvalue weighted by atomic mass is 32.1. The maximum absolute atomic E-state index is 4.03. The van der Waals surface area contributed by atoms with Crippen molar-refractivity contribution in [2.45, 2.75) is 57.5 Å². The highest BCUT2D eigenvalue weighted by Gasteiger charge is 2.29. The van der Waals surface area contributed by atoms with Crippen molar-refractivity contribution in [2.24, 2.45) is 5.92 Å². The first-order chi connectivity index (χ1) is 9.86. The van der Waals surface area contributed by atoms with Gasteiger partial charge in [-0.2, -0.15) is 0 Å². The quantitative estimate of drug-likeness (QED) is 0.880. The van der Waals surface area contributed by atoms with Crippen molar-refractivity contribution in [3.05, 3.63) is 22.4 Å². The van der Waals surface area contributed by atoms with Gasteiger partial charge in [-0.3, -0.25) is 0 Å². The summed E-state index contributed by atoms with van der Waals surface area (Å²) in [6.07, 6.45) is 8.35. The van der Waals surface area contributed by atoms with Crippen LogP contribution < -0.4 is 5.32 Å². The lowest BCUT2D eigenvalue weighted by molar-refractivity contribution is 0.189. The van der Waals surface area contributed by atoms with Crippen molar-refractivity contribution in [2.75, 3.05) is 19.6 Å². The van der Waals surface area contributed by atoms with Crippen molar-refractivity contribution >= 4 is 11.3 Å². The third-order valence-corrected chi connectivity index (χ3v) is 6.13. The number of nitrogens with one attached hydrogen (secondary N) is 1. The topological polar surface area (TPSA) is 15.3 Å². The Hall–Kier alpha value is -0.380. The zero-order chi connectivity index (χ0) is 13.8. The van der Waals surface area contributed by atoms with Gasteiger partial charge in [-0.1, -0.05) is 25.8 Å². The van der Waals surface area contributed by atoms with E-state index in [2.05, 4.69) is 34.7 Å².